The Kier molecular flexibility index (Phi) is 5.40. The molecule has 6 heteroatoms. The zero-order valence-electron chi connectivity index (χ0n) is 17.1. The molecule has 2 unspecified atom stereocenters. The molecule has 2 aliphatic rings. The van der Waals surface area contributed by atoms with Gasteiger partial charge in [-0.3, -0.25) is 9.69 Å². The SMILES string of the molecule is CCc1cc(C(=O)N2Cc3cccc(C)c3NCCC3CCC(C2)N3C)no1. The second-order valence-electron chi connectivity index (χ2n) is 8.09. The van der Waals surface area contributed by atoms with Crippen molar-refractivity contribution in [3.05, 3.63) is 46.8 Å². The van der Waals surface area contributed by atoms with Crippen molar-refractivity contribution in [2.75, 3.05) is 25.5 Å². The molecule has 2 bridgehead atoms. The van der Waals surface area contributed by atoms with E-state index in [1.165, 1.54) is 12.0 Å². The Morgan fingerprint density at radius 1 is 1.29 bits per heavy atom. The summed E-state index contributed by atoms with van der Waals surface area (Å²) in [5.41, 5.74) is 3.95. The largest absolute Gasteiger partial charge is 0.384 e. The van der Waals surface area contributed by atoms with Crippen LogP contribution in [0, 0.1) is 6.92 Å². The summed E-state index contributed by atoms with van der Waals surface area (Å²) in [6.07, 6.45) is 4.18. The van der Waals surface area contributed by atoms with Crippen LogP contribution < -0.4 is 5.32 Å². The van der Waals surface area contributed by atoms with E-state index >= 15 is 0 Å². The molecule has 2 aliphatic heterocycles. The third-order valence-corrected chi connectivity index (χ3v) is 6.33. The molecule has 1 fully saturated rings. The molecule has 1 aromatic heterocycles. The normalized spacial score (nSPS) is 23.0. The molecule has 1 saturated heterocycles. The first-order valence-electron chi connectivity index (χ1n) is 10.4. The Hall–Kier alpha value is -2.34. The molecular formula is C22H30N4O2. The van der Waals surface area contributed by atoms with Crippen LogP contribution in [0.25, 0.3) is 0 Å². The van der Waals surface area contributed by atoms with E-state index in [2.05, 4.69) is 47.5 Å². The van der Waals surface area contributed by atoms with Crippen LogP contribution >= 0.6 is 0 Å². The van der Waals surface area contributed by atoms with E-state index in [1.807, 2.05) is 11.8 Å². The summed E-state index contributed by atoms with van der Waals surface area (Å²) in [6, 6.07) is 9.05. The first-order valence-corrected chi connectivity index (χ1v) is 10.4. The summed E-state index contributed by atoms with van der Waals surface area (Å²) in [5.74, 6) is 0.698. The number of benzene rings is 1. The fourth-order valence-electron chi connectivity index (χ4n) is 4.56. The Morgan fingerprint density at radius 2 is 2.11 bits per heavy atom. The topological polar surface area (TPSA) is 61.6 Å². The molecule has 0 radical (unpaired) electrons. The van der Waals surface area contributed by atoms with E-state index in [-0.39, 0.29) is 5.91 Å². The molecule has 1 amide bonds. The van der Waals surface area contributed by atoms with Gasteiger partial charge < -0.3 is 14.7 Å². The number of aromatic nitrogens is 1. The number of rotatable bonds is 2. The second kappa shape index (κ2) is 7.95. The van der Waals surface area contributed by atoms with Gasteiger partial charge in [0.25, 0.3) is 5.91 Å². The number of carbonyl (C=O) groups excluding carboxylic acids is 1. The highest BCUT2D eigenvalue weighted by molar-refractivity contribution is 5.92. The van der Waals surface area contributed by atoms with Gasteiger partial charge in [0.05, 0.1) is 0 Å². The van der Waals surface area contributed by atoms with Gasteiger partial charge in [0, 0.05) is 49.9 Å². The summed E-state index contributed by atoms with van der Waals surface area (Å²) in [6.45, 7) is 6.37. The van der Waals surface area contributed by atoms with E-state index < -0.39 is 0 Å². The average Bonchev–Trinajstić information content (AvgIpc) is 3.29. The lowest BCUT2D eigenvalue weighted by Crippen LogP contribution is -2.43. The van der Waals surface area contributed by atoms with Gasteiger partial charge >= 0.3 is 0 Å². The Bertz CT molecular complexity index is 847. The fraction of sp³-hybridized carbons (Fsp3) is 0.545. The van der Waals surface area contributed by atoms with Crippen molar-refractivity contribution in [1.29, 1.82) is 0 Å². The lowest BCUT2D eigenvalue weighted by Gasteiger charge is -2.30. The van der Waals surface area contributed by atoms with E-state index in [9.17, 15) is 4.79 Å². The molecule has 0 saturated carbocycles. The van der Waals surface area contributed by atoms with Crippen molar-refractivity contribution in [2.24, 2.45) is 0 Å². The predicted octanol–water partition coefficient (Wildman–Crippen LogP) is 3.47. The van der Waals surface area contributed by atoms with Crippen molar-refractivity contribution >= 4 is 11.6 Å². The monoisotopic (exact) mass is 382 g/mol. The standard InChI is InChI=1S/C22H30N4O2/c1-4-19-12-20(24-28-19)22(27)26-13-16-7-5-6-15(2)21(16)23-11-10-17-8-9-18(14-26)25(17)3/h5-7,12,17-18,23H,4,8-11,13-14H2,1-3H3. The van der Waals surface area contributed by atoms with Crippen LogP contribution in [-0.2, 0) is 13.0 Å². The Labute approximate surface area is 166 Å². The number of para-hydroxylation sites is 1. The molecule has 2 aromatic rings. The first-order chi connectivity index (χ1) is 13.6. The summed E-state index contributed by atoms with van der Waals surface area (Å²) >= 11 is 0. The number of hydrogen-bond acceptors (Lipinski definition) is 5. The van der Waals surface area contributed by atoms with Crippen LogP contribution in [0.3, 0.4) is 0 Å². The number of fused-ring (bicyclic) bond motifs is 3. The highest BCUT2D eigenvalue weighted by atomic mass is 16.5. The van der Waals surface area contributed by atoms with Gasteiger partial charge in [0.15, 0.2) is 5.69 Å². The highest BCUT2D eigenvalue weighted by Crippen LogP contribution is 2.29. The van der Waals surface area contributed by atoms with E-state index in [0.29, 0.717) is 30.9 Å². The van der Waals surface area contributed by atoms with Crippen LogP contribution in [0.4, 0.5) is 5.69 Å². The van der Waals surface area contributed by atoms with Crippen molar-refractivity contribution < 1.29 is 9.32 Å². The van der Waals surface area contributed by atoms with Crippen molar-refractivity contribution in [3.8, 4) is 0 Å². The molecule has 0 spiro atoms. The van der Waals surface area contributed by atoms with Gasteiger partial charge in [-0.1, -0.05) is 30.3 Å². The molecule has 1 aromatic carbocycles. The second-order valence-corrected chi connectivity index (χ2v) is 8.09. The maximum absolute atomic E-state index is 13.3. The Morgan fingerprint density at radius 3 is 2.89 bits per heavy atom. The van der Waals surface area contributed by atoms with Gasteiger partial charge in [0.1, 0.15) is 5.76 Å². The van der Waals surface area contributed by atoms with Crippen LogP contribution in [0.5, 0.6) is 0 Å². The number of anilines is 1. The van der Waals surface area contributed by atoms with E-state index in [0.717, 1.165) is 42.8 Å². The first kappa shape index (κ1) is 19.0. The summed E-state index contributed by atoms with van der Waals surface area (Å²) in [5, 5.41) is 7.68. The average molecular weight is 383 g/mol. The molecule has 6 nitrogen and oxygen atoms in total. The lowest BCUT2D eigenvalue weighted by molar-refractivity contribution is 0.0679. The van der Waals surface area contributed by atoms with E-state index in [4.69, 9.17) is 4.52 Å². The molecule has 3 heterocycles. The minimum absolute atomic E-state index is 0.0491. The zero-order valence-corrected chi connectivity index (χ0v) is 17.1. The summed E-state index contributed by atoms with van der Waals surface area (Å²) in [7, 11) is 2.20. The van der Waals surface area contributed by atoms with E-state index in [1.54, 1.807) is 6.07 Å². The quantitative estimate of drug-likeness (QED) is 0.862. The maximum Gasteiger partial charge on any atom is 0.276 e. The number of carbonyl (C=O) groups is 1. The van der Waals surface area contributed by atoms with Gasteiger partial charge in [0.2, 0.25) is 0 Å². The molecule has 150 valence electrons. The predicted molar refractivity (Wildman–Crippen MR) is 109 cm³/mol. The van der Waals surface area contributed by atoms with Gasteiger partial charge in [-0.2, -0.15) is 0 Å². The Balaban J connectivity index is 1.68. The highest BCUT2D eigenvalue weighted by Gasteiger charge is 2.34. The van der Waals surface area contributed by atoms with Crippen molar-refractivity contribution in [1.82, 2.24) is 15.0 Å². The minimum atomic E-state index is -0.0491. The van der Waals surface area contributed by atoms with Gasteiger partial charge in [-0.15, -0.1) is 0 Å². The lowest BCUT2D eigenvalue weighted by atomic mass is 10.0. The zero-order chi connectivity index (χ0) is 19.7. The molecule has 4 rings (SSSR count). The van der Waals surface area contributed by atoms with Crippen molar-refractivity contribution in [2.45, 2.75) is 58.2 Å². The smallest absolute Gasteiger partial charge is 0.276 e. The number of nitrogens with zero attached hydrogens (tertiary/aromatic N) is 3. The third kappa shape index (κ3) is 3.65. The fourth-order valence-corrected chi connectivity index (χ4v) is 4.56. The van der Waals surface area contributed by atoms with Crippen LogP contribution in [0.1, 0.15) is 53.6 Å². The number of nitrogens with one attached hydrogen (secondary N) is 1. The molecule has 28 heavy (non-hydrogen) atoms. The summed E-state index contributed by atoms with van der Waals surface area (Å²) in [4.78, 5) is 17.7. The van der Waals surface area contributed by atoms with Crippen LogP contribution in [-0.4, -0.2) is 53.1 Å². The molecule has 2 atom stereocenters. The number of amides is 1. The number of aryl methyl sites for hydroxylation is 2. The van der Waals surface area contributed by atoms with Crippen LogP contribution in [0.15, 0.2) is 28.8 Å². The van der Waals surface area contributed by atoms with Crippen LogP contribution in [0.2, 0.25) is 0 Å². The van der Waals surface area contributed by atoms with Crippen molar-refractivity contribution in [3.63, 3.8) is 0 Å². The maximum atomic E-state index is 13.3. The molecule has 1 N–H and O–H groups in total. The number of likely N-dealkylation sites (N-methyl/N-ethyl adjacent to an activating group) is 1. The minimum Gasteiger partial charge on any atom is -0.384 e. The summed E-state index contributed by atoms with van der Waals surface area (Å²) < 4.78 is 5.30. The molecule has 0 aliphatic carbocycles. The number of hydrogen-bond donors (Lipinski definition) is 1. The molecular weight excluding hydrogens is 352 g/mol. The van der Waals surface area contributed by atoms with Gasteiger partial charge in [-0.25, -0.2) is 0 Å². The third-order valence-electron chi connectivity index (χ3n) is 6.33. The van der Waals surface area contributed by atoms with Gasteiger partial charge in [-0.05, 0) is 44.4 Å².